The van der Waals surface area contributed by atoms with Crippen molar-refractivity contribution in [3.63, 3.8) is 0 Å². The van der Waals surface area contributed by atoms with Gasteiger partial charge in [-0.3, -0.25) is 0 Å². The fourth-order valence-corrected chi connectivity index (χ4v) is 21.6. The number of hydrogen-bond donors (Lipinski definition) is 0. The van der Waals surface area contributed by atoms with Gasteiger partial charge in [-0.05, 0) is 119 Å². The van der Waals surface area contributed by atoms with Gasteiger partial charge >= 0.3 is 5.97 Å². The highest BCUT2D eigenvalue weighted by atomic mass is 28.4. The predicted octanol–water partition coefficient (Wildman–Crippen LogP) is 12.8. The highest BCUT2D eigenvalue weighted by Crippen LogP contribution is 2.59. The Morgan fingerprint density at radius 2 is 1.20 bits per heavy atom. The summed E-state index contributed by atoms with van der Waals surface area (Å²) in [6.07, 6.45) is 15.7. The second-order valence-electron chi connectivity index (χ2n) is 23.2. The largest absolute Gasteiger partial charge is 0.458 e. The number of carbonyl (C=O) groups is 1. The second-order valence-corrected chi connectivity index (χ2v) is 31.7. The smallest absolute Gasteiger partial charge is 0.332 e. The lowest BCUT2D eigenvalue weighted by Crippen LogP contribution is -2.69. The average Bonchev–Trinajstić information content (AvgIpc) is 3.67. The lowest BCUT2D eigenvalue weighted by molar-refractivity contribution is -0.159. The molecule has 5 nitrogen and oxygen atoms in total. The van der Waals surface area contributed by atoms with Crippen LogP contribution in [0.4, 0.5) is 0 Å². The number of rotatable bonds is 15. The Morgan fingerprint density at radius 3 is 1.68 bits per heavy atom. The number of benzene rings is 4. The van der Waals surface area contributed by atoms with E-state index in [0.717, 1.165) is 43.3 Å². The molecule has 5 atom stereocenters. The van der Waals surface area contributed by atoms with Gasteiger partial charge in [-0.25, -0.2) is 4.79 Å². The molecule has 4 aromatic rings. The third-order valence-electron chi connectivity index (χ3n) is 15.3. The van der Waals surface area contributed by atoms with Gasteiger partial charge in [-0.2, -0.15) is 0 Å². The van der Waals surface area contributed by atoms with E-state index in [4.69, 9.17) is 24.9 Å². The Kier molecular flexibility index (Phi) is 16.2. The zero-order valence-electron chi connectivity index (χ0n) is 43.5. The molecular weight excluding hydrogens is 881 g/mol. The van der Waals surface area contributed by atoms with Crippen molar-refractivity contribution in [1.29, 1.82) is 0 Å². The molecule has 0 saturated heterocycles. The SMILES string of the molecule is C=C1C(=CC=C2CCC[C@@]3(C)C2CC[C@@H]3C(=C)C=CCOCC(=O)OC(C)(C)C)C[C@@H](O[Si](c2ccccc2)(c2ccccc2)C(C)(C)C)C[C@@H]1O[Si](c1ccccc1)(c1ccccc1)C(C)(C)C. The Bertz CT molecular complexity index is 2390. The van der Waals surface area contributed by atoms with E-state index in [1.807, 2.05) is 26.8 Å². The van der Waals surface area contributed by atoms with Gasteiger partial charge in [0.15, 0.2) is 0 Å². The molecule has 0 heterocycles. The molecule has 0 amide bonds. The second kappa shape index (κ2) is 21.4. The van der Waals surface area contributed by atoms with Crippen LogP contribution in [0.25, 0.3) is 0 Å². The van der Waals surface area contributed by atoms with Crippen LogP contribution in [-0.2, 0) is 23.1 Å². The van der Waals surface area contributed by atoms with Crippen LogP contribution < -0.4 is 20.7 Å². The van der Waals surface area contributed by atoms with Gasteiger partial charge in [0, 0.05) is 6.42 Å². The van der Waals surface area contributed by atoms with Gasteiger partial charge in [0.1, 0.15) is 12.2 Å². The minimum atomic E-state index is -2.98. The van der Waals surface area contributed by atoms with E-state index in [1.165, 1.54) is 38.3 Å². The summed E-state index contributed by atoms with van der Waals surface area (Å²) in [5, 5.41) is 4.72. The van der Waals surface area contributed by atoms with Gasteiger partial charge < -0.3 is 18.3 Å². The van der Waals surface area contributed by atoms with Crippen LogP contribution in [0.3, 0.4) is 0 Å². The van der Waals surface area contributed by atoms with Crippen LogP contribution in [0, 0.1) is 17.3 Å². The van der Waals surface area contributed by atoms with Crippen molar-refractivity contribution in [2.45, 2.75) is 142 Å². The molecule has 0 aromatic heterocycles. The van der Waals surface area contributed by atoms with E-state index in [-0.39, 0.29) is 40.3 Å². The highest BCUT2D eigenvalue weighted by Gasteiger charge is 2.55. The van der Waals surface area contributed by atoms with Crippen LogP contribution in [0.5, 0.6) is 0 Å². The van der Waals surface area contributed by atoms with Crippen molar-refractivity contribution < 1.29 is 23.1 Å². The van der Waals surface area contributed by atoms with Crippen LogP contribution in [0.1, 0.15) is 114 Å². The standard InChI is InChI=1S/C62H80O5Si2/c1-46(27-26-42-64-45-58(63)65-59(3,4)5)55-39-40-56-48(28-25-41-62(55,56)12)37-38-49-43-50(66-68(60(6,7)8,51-29-17-13-18-30-51)52-31-19-14-20-32-52)44-57(47(49)2)67-69(61(9,10)11,53-33-21-15-22-34-53)54-35-23-16-24-36-54/h13-24,26-27,29-38,50,55-57H,1-2,25,28,39-45H2,3-12H3/t50-,55-,56?,57+,62-/m1/s1. The molecule has 0 N–H and O–H groups in total. The van der Waals surface area contributed by atoms with Crippen molar-refractivity contribution >= 4 is 43.4 Å². The minimum Gasteiger partial charge on any atom is -0.458 e. The summed E-state index contributed by atoms with van der Waals surface area (Å²) >= 11 is 0. The summed E-state index contributed by atoms with van der Waals surface area (Å²) in [5.74, 6) is 0.490. The maximum atomic E-state index is 12.2. The number of carbonyl (C=O) groups excluding carboxylic acids is 1. The van der Waals surface area contributed by atoms with Crippen molar-refractivity contribution in [2.24, 2.45) is 17.3 Å². The van der Waals surface area contributed by atoms with E-state index in [0.29, 0.717) is 24.9 Å². The predicted molar refractivity (Wildman–Crippen MR) is 293 cm³/mol. The van der Waals surface area contributed by atoms with Crippen molar-refractivity contribution in [3.8, 4) is 0 Å². The molecule has 0 aliphatic heterocycles. The van der Waals surface area contributed by atoms with Gasteiger partial charge in [-0.15, -0.1) is 0 Å². The number of allylic oxidation sites excluding steroid dienone is 5. The molecular formula is C62H80O5Si2. The van der Waals surface area contributed by atoms with Crippen LogP contribution in [-0.4, -0.2) is 53.6 Å². The molecule has 7 rings (SSSR count). The Hall–Kier alpha value is -4.64. The molecule has 0 radical (unpaired) electrons. The third kappa shape index (κ3) is 11.3. The third-order valence-corrected chi connectivity index (χ3v) is 25.5. The topological polar surface area (TPSA) is 54.0 Å². The van der Waals surface area contributed by atoms with E-state index in [2.05, 4.69) is 195 Å². The Morgan fingerprint density at radius 1 is 0.710 bits per heavy atom. The molecule has 0 bridgehead atoms. The number of fused-ring (bicyclic) bond motifs is 1. The van der Waals surface area contributed by atoms with E-state index in [9.17, 15) is 4.79 Å². The molecule has 1 unspecified atom stereocenters. The monoisotopic (exact) mass is 961 g/mol. The van der Waals surface area contributed by atoms with Crippen LogP contribution in [0.15, 0.2) is 181 Å². The first-order valence-electron chi connectivity index (χ1n) is 25.5. The summed E-state index contributed by atoms with van der Waals surface area (Å²) in [6.45, 7) is 32.2. The van der Waals surface area contributed by atoms with E-state index < -0.39 is 22.2 Å². The lowest BCUT2D eigenvalue weighted by Gasteiger charge is -2.49. The van der Waals surface area contributed by atoms with Gasteiger partial charge in [0.25, 0.3) is 16.6 Å². The molecule has 4 aromatic carbocycles. The molecule has 3 aliphatic carbocycles. The Balaban J connectivity index is 1.25. The molecule has 3 fully saturated rings. The first-order chi connectivity index (χ1) is 32.7. The molecule has 69 heavy (non-hydrogen) atoms. The summed E-state index contributed by atoms with van der Waals surface area (Å²) in [4.78, 5) is 12.2. The fourth-order valence-electron chi connectivity index (χ4n) is 12.2. The zero-order chi connectivity index (χ0) is 49.7. The maximum Gasteiger partial charge on any atom is 0.332 e. The highest BCUT2D eigenvalue weighted by molar-refractivity contribution is 7.00. The molecule has 3 saturated carbocycles. The Labute approximate surface area is 418 Å². The summed E-state index contributed by atoms with van der Waals surface area (Å²) < 4.78 is 27.2. The summed E-state index contributed by atoms with van der Waals surface area (Å²) in [7, 11) is -5.91. The fraction of sp³-hybridized carbons (Fsp3) is 0.435. The lowest BCUT2D eigenvalue weighted by atomic mass is 9.62. The quantitative estimate of drug-likeness (QED) is 0.0514. The van der Waals surface area contributed by atoms with Crippen molar-refractivity contribution in [1.82, 2.24) is 0 Å². The van der Waals surface area contributed by atoms with Gasteiger partial charge in [0.05, 0.1) is 18.8 Å². The number of ether oxygens (including phenoxy) is 2. The molecule has 0 spiro atoms. The van der Waals surface area contributed by atoms with Gasteiger partial charge in [0.2, 0.25) is 0 Å². The van der Waals surface area contributed by atoms with Gasteiger partial charge in [-0.1, -0.05) is 218 Å². The minimum absolute atomic E-state index is 0.0635. The maximum absolute atomic E-state index is 12.2. The molecule has 7 heteroatoms. The van der Waals surface area contributed by atoms with E-state index in [1.54, 1.807) is 0 Å². The zero-order valence-corrected chi connectivity index (χ0v) is 45.5. The first-order valence-corrected chi connectivity index (χ1v) is 29.3. The van der Waals surface area contributed by atoms with Crippen molar-refractivity contribution in [3.05, 3.63) is 181 Å². The number of esters is 1. The average molecular weight is 961 g/mol. The normalized spacial score (nSPS) is 23.9. The summed E-state index contributed by atoms with van der Waals surface area (Å²) in [6, 6.07) is 44.1. The van der Waals surface area contributed by atoms with Crippen LogP contribution in [0.2, 0.25) is 10.1 Å². The van der Waals surface area contributed by atoms with E-state index >= 15 is 0 Å². The molecule has 3 aliphatic rings. The molecule has 366 valence electrons. The first kappa shape index (κ1) is 52.2. The number of hydrogen-bond acceptors (Lipinski definition) is 5. The van der Waals surface area contributed by atoms with Crippen LogP contribution >= 0.6 is 0 Å². The van der Waals surface area contributed by atoms with Crippen molar-refractivity contribution in [2.75, 3.05) is 13.2 Å². The summed E-state index contributed by atoms with van der Waals surface area (Å²) in [5.41, 5.74) is 4.54.